The number of carbonyl (C=O) groups excluding carboxylic acids is 1. The van der Waals surface area contributed by atoms with E-state index in [1.165, 1.54) is 10.6 Å². The maximum atomic E-state index is 12.4. The van der Waals surface area contributed by atoms with Gasteiger partial charge in [0.15, 0.2) is 0 Å². The normalized spacial score (nSPS) is 10.7. The SMILES string of the molecule is COc1ccc(-c2noc(CCC(=O)Nc3ccc(=O)n(Cc4ccccc4Cl)c3)n2)cc1. The van der Waals surface area contributed by atoms with Crippen molar-refractivity contribution in [3.63, 3.8) is 0 Å². The van der Waals surface area contributed by atoms with Gasteiger partial charge < -0.3 is 19.1 Å². The van der Waals surface area contributed by atoms with Crippen LogP contribution in [-0.4, -0.2) is 27.7 Å². The lowest BCUT2D eigenvalue weighted by molar-refractivity contribution is -0.116. The van der Waals surface area contributed by atoms with Gasteiger partial charge in [-0.1, -0.05) is 35.0 Å². The fourth-order valence-electron chi connectivity index (χ4n) is 3.20. The van der Waals surface area contributed by atoms with Crippen LogP contribution in [0.25, 0.3) is 11.4 Å². The molecule has 0 aliphatic heterocycles. The van der Waals surface area contributed by atoms with Crippen LogP contribution in [0.4, 0.5) is 5.69 Å². The van der Waals surface area contributed by atoms with E-state index in [-0.39, 0.29) is 24.3 Å². The number of rotatable bonds is 8. The monoisotopic (exact) mass is 464 g/mol. The molecular weight excluding hydrogens is 444 g/mol. The summed E-state index contributed by atoms with van der Waals surface area (Å²) in [5, 5.41) is 7.34. The number of hydrogen-bond acceptors (Lipinski definition) is 6. The van der Waals surface area contributed by atoms with Gasteiger partial charge >= 0.3 is 0 Å². The Morgan fingerprint density at radius 2 is 1.91 bits per heavy atom. The van der Waals surface area contributed by atoms with Crippen LogP contribution in [0.3, 0.4) is 0 Å². The van der Waals surface area contributed by atoms with Crippen LogP contribution in [0.15, 0.2) is 76.2 Å². The second-order valence-electron chi connectivity index (χ2n) is 7.26. The van der Waals surface area contributed by atoms with Gasteiger partial charge in [0.05, 0.1) is 19.3 Å². The summed E-state index contributed by atoms with van der Waals surface area (Å²) >= 11 is 6.19. The molecule has 4 aromatic rings. The first-order valence-electron chi connectivity index (χ1n) is 10.2. The average Bonchev–Trinajstić information content (AvgIpc) is 3.30. The number of nitrogens with zero attached hydrogens (tertiary/aromatic N) is 3. The third-order valence-electron chi connectivity index (χ3n) is 4.95. The highest BCUT2D eigenvalue weighted by atomic mass is 35.5. The molecule has 0 saturated carbocycles. The number of nitrogens with one attached hydrogen (secondary N) is 1. The number of hydrogen-bond donors (Lipinski definition) is 1. The Labute approximate surface area is 194 Å². The van der Waals surface area contributed by atoms with Gasteiger partial charge in [-0.15, -0.1) is 0 Å². The van der Waals surface area contributed by atoms with E-state index in [9.17, 15) is 9.59 Å². The molecule has 0 bridgehead atoms. The topological polar surface area (TPSA) is 99.3 Å². The van der Waals surface area contributed by atoms with Crippen molar-refractivity contribution in [2.75, 3.05) is 12.4 Å². The van der Waals surface area contributed by atoms with E-state index >= 15 is 0 Å². The van der Waals surface area contributed by atoms with Gasteiger partial charge in [0.25, 0.3) is 5.56 Å². The van der Waals surface area contributed by atoms with E-state index in [0.717, 1.165) is 16.9 Å². The van der Waals surface area contributed by atoms with E-state index < -0.39 is 0 Å². The molecule has 2 heterocycles. The van der Waals surface area contributed by atoms with Gasteiger partial charge in [-0.25, -0.2) is 0 Å². The van der Waals surface area contributed by atoms with Gasteiger partial charge in [-0.05, 0) is 42.0 Å². The lowest BCUT2D eigenvalue weighted by Crippen LogP contribution is -2.21. The Balaban J connectivity index is 1.36. The Morgan fingerprint density at radius 3 is 2.67 bits per heavy atom. The summed E-state index contributed by atoms with van der Waals surface area (Å²) in [6, 6.07) is 17.6. The van der Waals surface area contributed by atoms with Gasteiger partial charge in [0, 0.05) is 35.7 Å². The quantitative estimate of drug-likeness (QED) is 0.420. The van der Waals surface area contributed by atoms with Crippen molar-refractivity contribution >= 4 is 23.2 Å². The molecule has 0 fully saturated rings. The predicted molar refractivity (Wildman–Crippen MR) is 124 cm³/mol. The van der Waals surface area contributed by atoms with Crippen LogP contribution < -0.4 is 15.6 Å². The maximum Gasteiger partial charge on any atom is 0.250 e. The van der Waals surface area contributed by atoms with Crippen molar-refractivity contribution in [2.45, 2.75) is 19.4 Å². The van der Waals surface area contributed by atoms with Crippen molar-refractivity contribution in [1.82, 2.24) is 14.7 Å². The summed E-state index contributed by atoms with van der Waals surface area (Å²) in [7, 11) is 1.60. The standard InChI is InChI=1S/C24H21ClN4O4/c1-32-19-9-6-16(7-10-19)24-27-22(33-28-24)12-11-21(30)26-18-8-13-23(31)29(15-18)14-17-4-2-3-5-20(17)25/h2-10,13,15H,11-12,14H2,1H3,(H,26,30). The van der Waals surface area contributed by atoms with Crippen LogP contribution in [0, 0.1) is 0 Å². The van der Waals surface area contributed by atoms with Crippen LogP contribution in [-0.2, 0) is 17.8 Å². The van der Waals surface area contributed by atoms with Crippen LogP contribution in [0.1, 0.15) is 17.9 Å². The van der Waals surface area contributed by atoms with Crippen LogP contribution in [0.2, 0.25) is 5.02 Å². The minimum absolute atomic E-state index is 0.147. The number of aryl methyl sites for hydroxylation is 1. The summed E-state index contributed by atoms with van der Waals surface area (Å²) in [4.78, 5) is 29.0. The summed E-state index contributed by atoms with van der Waals surface area (Å²) in [5.74, 6) is 1.30. The summed E-state index contributed by atoms with van der Waals surface area (Å²) in [5.41, 5.74) is 1.92. The smallest absolute Gasteiger partial charge is 0.250 e. The van der Waals surface area contributed by atoms with Crippen molar-refractivity contribution in [3.8, 4) is 17.1 Å². The van der Waals surface area contributed by atoms with E-state index in [1.54, 1.807) is 25.4 Å². The number of halogens is 1. The number of benzene rings is 2. The zero-order valence-electron chi connectivity index (χ0n) is 17.8. The molecule has 0 aliphatic rings. The van der Waals surface area contributed by atoms with Crippen LogP contribution in [0.5, 0.6) is 5.75 Å². The number of carbonyl (C=O) groups is 1. The molecule has 0 atom stereocenters. The van der Waals surface area contributed by atoms with Crippen LogP contribution >= 0.6 is 11.6 Å². The molecule has 9 heteroatoms. The summed E-state index contributed by atoms with van der Waals surface area (Å²) in [6.07, 6.45) is 2.03. The zero-order valence-corrected chi connectivity index (χ0v) is 18.6. The molecule has 0 unspecified atom stereocenters. The van der Waals surface area contributed by atoms with E-state index in [4.69, 9.17) is 20.9 Å². The average molecular weight is 465 g/mol. The molecule has 33 heavy (non-hydrogen) atoms. The van der Waals surface area contributed by atoms with Crippen molar-refractivity contribution in [2.24, 2.45) is 0 Å². The Morgan fingerprint density at radius 1 is 1.12 bits per heavy atom. The fraction of sp³-hybridized carbons (Fsp3) is 0.167. The fourth-order valence-corrected chi connectivity index (χ4v) is 3.39. The Hall–Kier alpha value is -3.91. The number of ether oxygens (including phenoxy) is 1. The molecule has 1 amide bonds. The third kappa shape index (κ3) is 5.67. The second kappa shape index (κ2) is 10.1. The first-order chi connectivity index (χ1) is 16.0. The van der Waals surface area contributed by atoms with Gasteiger partial charge in [0.2, 0.25) is 17.6 Å². The largest absolute Gasteiger partial charge is 0.497 e. The van der Waals surface area contributed by atoms with Gasteiger partial charge in [0.1, 0.15) is 5.75 Å². The number of amides is 1. The number of methoxy groups -OCH3 is 1. The molecule has 0 aliphatic carbocycles. The highest BCUT2D eigenvalue weighted by Crippen LogP contribution is 2.20. The Bertz CT molecular complexity index is 1310. The maximum absolute atomic E-state index is 12.4. The highest BCUT2D eigenvalue weighted by molar-refractivity contribution is 6.31. The highest BCUT2D eigenvalue weighted by Gasteiger charge is 2.12. The summed E-state index contributed by atoms with van der Waals surface area (Å²) in [6.45, 7) is 0.304. The molecule has 1 N–H and O–H groups in total. The van der Waals surface area contributed by atoms with E-state index in [1.807, 2.05) is 42.5 Å². The van der Waals surface area contributed by atoms with E-state index in [0.29, 0.717) is 29.0 Å². The Kier molecular flexibility index (Phi) is 6.85. The van der Waals surface area contributed by atoms with Crippen molar-refractivity contribution in [3.05, 3.63) is 93.7 Å². The van der Waals surface area contributed by atoms with Crippen molar-refractivity contribution < 1.29 is 14.1 Å². The molecular formula is C24H21ClN4O4. The predicted octanol–water partition coefficient (Wildman–Crippen LogP) is 4.18. The molecule has 0 spiro atoms. The molecule has 168 valence electrons. The minimum atomic E-state index is -0.234. The molecule has 2 aromatic heterocycles. The lowest BCUT2D eigenvalue weighted by Gasteiger charge is -2.10. The first-order valence-corrected chi connectivity index (χ1v) is 10.6. The molecule has 0 saturated heterocycles. The molecule has 4 rings (SSSR count). The number of anilines is 1. The first kappa shape index (κ1) is 22.3. The van der Waals surface area contributed by atoms with Gasteiger partial charge in [-0.3, -0.25) is 9.59 Å². The third-order valence-corrected chi connectivity index (χ3v) is 5.32. The van der Waals surface area contributed by atoms with E-state index in [2.05, 4.69) is 15.5 Å². The zero-order chi connectivity index (χ0) is 23.2. The minimum Gasteiger partial charge on any atom is -0.497 e. The summed E-state index contributed by atoms with van der Waals surface area (Å²) < 4.78 is 11.9. The number of pyridine rings is 1. The second-order valence-corrected chi connectivity index (χ2v) is 7.67. The number of aromatic nitrogens is 3. The molecule has 8 nitrogen and oxygen atoms in total. The molecule has 0 radical (unpaired) electrons. The molecule has 2 aromatic carbocycles. The lowest BCUT2D eigenvalue weighted by atomic mass is 10.2. The van der Waals surface area contributed by atoms with Crippen molar-refractivity contribution in [1.29, 1.82) is 0 Å². The van der Waals surface area contributed by atoms with Gasteiger partial charge in [-0.2, -0.15) is 4.98 Å².